The summed E-state index contributed by atoms with van der Waals surface area (Å²) in [5.41, 5.74) is 8.21. The summed E-state index contributed by atoms with van der Waals surface area (Å²) in [6.07, 6.45) is 0. The Kier molecular flexibility index (Phi) is 2.49. The van der Waals surface area contributed by atoms with Crippen molar-refractivity contribution < 1.29 is 8.83 Å². The van der Waals surface area contributed by atoms with Crippen molar-refractivity contribution >= 4 is 11.0 Å². The van der Waals surface area contributed by atoms with E-state index in [4.69, 9.17) is 14.6 Å². The van der Waals surface area contributed by atoms with Crippen LogP contribution in [-0.4, -0.2) is 0 Å². The van der Waals surface area contributed by atoms with Gasteiger partial charge in [-0.05, 0) is 44.2 Å². The first-order valence-electron chi connectivity index (χ1n) is 5.95. The lowest BCUT2D eigenvalue weighted by atomic mass is 10.1. The molecule has 92 valence electrons. The minimum atomic E-state index is -0.355. The van der Waals surface area contributed by atoms with Crippen LogP contribution in [0.2, 0.25) is 0 Å². The van der Waals surface area contributed by atoms with Crippen molar-refractivity contribution in [2.75, 3.05) is 0 Å². The average Bonchev–Trinajstić information content (AvgIpc) is 2.93. The third kappa shape index (κ3) is 1.83. The van der Waals surface area contributed by atoms with E-state index in [9.17, 15) is 0 Å². The van der Waals surface area contributed by atoms with Crippen LogP contribution in [0.3, 0.4) is 0 Å². The number of hydrogen-bond donors (Lipinski definition) is 1. The van der Waals surface area contributed by atoms with E-state index in [0.29, 0.717) is 0 Å². The van der Waals surface area contributed by atoms with Crippen LogP contribution in [0.1, 0.15) is 28.9 Å². The largest absolute Gasteiger partial charge is 0.464 e. The third-order valence-corrected chi connectivity index (χ3v) is 3.07. The van der Waals surface area contributed by atoms with Gasteiger partial charge in [0.05, 0.1) is 0 Å². The van der Waals surface area contributed by atoms with Crippen LogP contribution >= 0.6 is 0 Å². The van der Waals surface area contributed by atoms with Gasteiger partial charge in [-0.3, -0.25) is 0 Å². The molecule has 0 amide bonds. The molecule has 0 radical (unpaired) electrons. The minimum absolute atomic E-state index is 0.355. The van der Waals surface area contributed by atoms with Crippen LogP contribution in [-0.2, 0) is 0 Å². The lowest BCUT2D eigenvalue weighted by Gasteiger charge is -2.04. The molecule has 3 heteroatoms. The molecule has 1 aromatic carbocycles. The first kappa shape index (κ1) is 11.1. The Balaban J connectivity index is 2.03. The highest BCUT2D eigenvalue weighted by molar-refractivity contribution is 5.78. The first-order valence-corrected chi connectivity index (χ1v) is 5.95. The monoisotopic (exact) mass is 241 g/mol. The molecule has 2 aromatic heterocycles. The van der Waals surface area contributed by atoms with Gasteiger partial charge in [-0.2, -0.15) is 0 Å². The van der Waals surface area contributed by atoms with Crippen LogP contribution in [0.4, 0.5) is 0 Å². The Hall–Kier alpha value is -2.00. The zero-order valence-corrected chi connectivity index (χ0v) is 10.4. The quantitative estimate of drug-likeness (QED) is 0.744. The summed E-state index contributed by atoms with van der Waals surface area (Å²) >= 11 is 0. The highest BCUT2D eigenvalue weighted by Crippen LogP contribution is 2.28. The second kappa shape index (κ2) is 4.03. The van der Waals surface area contributed by atoms with E-state index in [-0.39, 0.29) is 6.04 Å². The summed E-state index contributed by atoms with van der Waals surface area (Å²) in [6, 6.07) is 11.5. The van der Waals surface area contributed by atoms with E-state index < -0.39 is 0 Å². The lowest BCUT2D eigenvalue weighted by Crippen LogP contribution is -2.09. The number of hydrogen-bond acceptors (Lipinski definition) is 3. The predicted octanol–water partition coefficient (Wildman–Crippen LogP) is 3.69. The molecule has 1 unspecified atom stereocenters. The van der Waals surface area contributed by atoms with E-state index in [1.54, 1.807) is 0 Å². The van der Waals surface area contributed by atoms with E-state index in [1.807, 2.05) is 37.3 Å². The molecule has 18 heavy (non-hydrogen) atoms. The summed E-state index contributed by atoms with van der Waals surface area (Å²) in [5, 5.41) is 1.07. The predicted molar refractivity (Wildman–Crippen MR) is 70.4 cm³/mol. The Labute approximate surface area is 105 Å². The van der Waals surface area contributed by atoms with E-state index in [2.05, 4.69) is 13.0 Å². The second-order valence-electron chi connectivity index (χ2n) is 4.62. The molecule has 0 aliphatic rings. The Bertz CT molecular complexity index is 693. The zero-order valence-electron chi connectivity index (χ0n) is 10.4. The fourth-order valence-corrected chi connectivity index (χ4v) is 2.10. The maximum absolute atomic E-state index is 6.14. The van der Waals surface area contributed by atoms with Gasteiger partial charge < -0.3 is 14.6 Å². The summed E-state index contributed by atoms with van der Waals surface area (Å²) in [5.74, 6) is 2.31. The maximum Gasteiger partial charge on any atom is 0.134 e. The third-order valence-electron chi connectivity index (χ3n) is 3.07. The van der Waals surface area contributed by atoms with Crippen molar-refractivity contribution in [3.8, 4) is 0 Å². The van der Waals surface area contributed by atoms with E-state index in [0.717, 1.165) is 28.2 Å². The molecule has 0 bridgehead atoms. The number of rotatable bonds is 2. The lowest BCUT2D eigenvalue weighted by molar-refractivity contribution is 0.431. The molecular weight excluding hydrogens is 226 g/mol. The topological polar surface area (TPSA) is 52.3 Å². The van der Waals surface area contributed by atoms with Crippen molar-refractivity contribution in [2.45, 2.75) is 19.9 Å². The molecule has 0 aliphatic heterocycles. The minimum Gasteiger partial charge on any atom is -0.464 e. The molecule has 0 fully saturated rings. The highest BCUT2D eigenvalue weighted by atomic mass is 16.4. The van der Waals surface area contributed by atoms with Crippen LogP contribution in [0.5, 0.6) is 0 Å². The number of nitrogens with two attached hydrogens (primary N) is 1. The summed E-state index contributed by atoms with van der Waals surface area (Å²) in [4.78, 5) is 0. The molecule has 3 aromatic rings. The number of fused-ring (bicyclic) bond motifs is 1. The van der Waals surface area contributed by atoms with Gasteiger partial charge in [0.15, 0.2) is 0 Å². The van der Waals surface area contributed by atoms with Gasteiger partial charge in [0, 0.05) is 5.39 Å². The number of aryl methyl sites for hydroxylation is 2. The van der Waals surface area contributed by atoms with Crippen LogP contribution in [0, 0.1) is 13.8 Å². The first-order chi connectivity index (χ1) is 8.63. The smallest absolute Gasteiger partial charge is 0.134 e. The fourth-order valence-electron chi connectivity index (χ4n) is 2.10. The average molecular weight is 241 g/mol. The van der Waals surface area contributed by atoms with Crippen LogP contribution in [0.15, 0.2) is 45.2 Å². The molecule has 0 spiro atoms. The fraction of sp³-hybridized carbons (Fsp3) is 0.200. The van der Waals surface area contributed by atoms with Gasteiger partial charge in [-0.15, -0.1) is 0 Å². The summed E-state index contributed by atoms with van der Waals surface area (Å²) < 4.78 is 11.3. The summed E-state index contributed by atoms with van der Waals surface area (Å²) in [7, 11) is 0. The van der Waals surface area contributed by atoms with Crippen molar-refractivity contribution in [1.82, 2.24) is 0 Å². The normalized spacial score (nSPS) is 13.1. The Morgan fingerprint density at radius 2 is 1.78 bits per heavy atom. The SMILES string of the molecule is Cc1ccc2oc(C(N)c3ccc(C)o3)cc2c1. The Morgan fingerprint density at radius 3 is 2.50 bits per heavy atom. The van der Waals surface area contributed by atoms with Crippen molar-refractivity contribution in [2.24, 2.45) is 5.73 Å². The standard InChI is InChI=1S/C15H15NO2/c1-9-3-5-12-11(7-9)8-14(18-12)15(16)13-6-4-10(2)17-13/h3-8,15H,16H2,1-2H3. The molecule has 0 saturated carbocycles. The van der Waals surface area contributed by atoms with Gasteiger partial charge in [0.2, 0.25) is 0 Å². The number of furan rings is 2. The van der Waals surface area contributed by atoms with Gasteiger partial charge >= 0.3 is 0 Å². The molecule has 0 aliphatic carbocycles. The number of benzene rings is 1. The molecule has 2 N–H and O–H groups in total. The maximum atomic E-state index is 6.14. The van der Waals surface area contributed by atoms with Crippen molar-refractivity contribution in [3.63, 3.8) is 0 Å². The van der Waals surface area contributed by atoms with Gasteiger partial charge in [-0.1, -0.05) is 11.6 Å². The van der Waals surface area contributed by atoms with Crippen LogP contribution in [0.25, 0.3) is 11.0 Å². The molecule has 2 heterocycles. The molecule has 0 saturated heterocycles. The summed E-state index contributed by atoms with van der Waals surface area (Å²) in [6.45, 7) is 3.96. The van der Waals surface area contributed by atoms with Crippen molar-refractivity contribution in [1.29, 1.82) is 0 Å². The van der Waals surface area contributed by atoms with Gasteiger partial charge in [-0.25, -0.2) is 0 Å². The molecule has 3 nitrogen and oxygen atoms in total. The van der Waals surface area contributed by atoms with Crippen LogP contribution < -0.4 is 5.73 Å². The second-order valence-corrected chi connectivity index (χ2v) is 4.62. The van der Waals surface area contributed by atoms with Crippen molar-refractivity contribution in [3.05, 3.63) is 59.2 Å². The Morgan fingerprint density at radius 1 is 0.944 bits per heavy atom. The van der Waals surface area contributed by atoms with E-state index in [1.165, 1.54) is 5.56 Å². The zero-order chi connectivity index (χ0) is 12.7. The highest BCUT2D eigenvalue weighted by Gasteiger charge is 2.17. The van der Waals surface area contributed by atoms with Gasteiger partial charge in [0.25, 0.3) is 0 Å². The molecule has 1 atom stereocenters. The molecular formula is C15H15NO2. The van der Waals surface area contributed by atoms with Gasteiger partial charge in [0.1, 0.15) is 28.9 Å². The van der Waals surface area contributed by atoms with E-state index >= 15 is 0 Å². The molecule has 3 rings (SSSR count).